The van der Waals surface area contributed by atoms with Gasteiger partial charge in [0.25, 0.3) is 5.91 Å². The Labute approximate surface area is 103 Å². The Morgan fingerprint density at radius 1 is 1.22 bits per heavy atom. The van der Waals surface area contributed by atoms with Gasteiger partial charge in [-0.1, -0.05) is 6.92 Å². The number of carbonyl (C=O) groups is 3. The SMILES string of the molecule is CCc1ccc(C(=O)NCC(=O)NCC(=O)O)o1. The summed E-state index contributed by atoms with van der Waals surface area (Å²) in [5.74, 6) is -1.44. The monoisotopic (exact) mass is 254 g/mol. The van der Waals surface area contributed by atoms with Gasteiger partial charge in [0.05, 0.1) is 6.54 Å². The highest BCUT2D eigenvalue weighted by atomic mass is 16.4. The summed E-state index contributed by atoms with van der Waals surface area (Å²) in [4.78, 5) is 32.8. The van der Waals surface area contributed by atoms with Gasteiger partial charge in [0.1, 0.15) is 12.3 Å². The summed E-state index contributed by atoms with van der Waals surface area (Å²) in [6.07, 6.45) is 0.673. The van der Waals surface area contributed by atoms with Gasteiger partial charge in [-0.3, -0.25) is 14.4 Å². The topological polar surface area (TPSA) is 109 Å². The number of carboxylic acid groups (broad SMARTS) is 1. The Bertz CT molecular complexity index is 452. The lowest BCUT2D eigenvalue weighted by atomic mass is 10.3. The number of furan rings is 1. The molecule has 7 nitrogen and oxygen atoms in total. The number of hydrogen-bond donors (Lipinski definition) is 3. The fourth-order valence-corrected chi connectivity index (χ4v) is 1.17. The van der Waals surface area contributed by atoms with Gasteiger partial charge in [-0.2, -0.15) is 0 Å². The van der Waals surface area contributed by atoms with Gasteiger partial charge >= 0.3 is 5.97 Å². The van der Waals surface area contributed by atoms with E-state index >= 15 is 0 Å². The molecule has 0 aliphatic heterocycles. The first-order valence-corrected chi connectivity index (χ1v) is 5.38. The number of rotatable bonds is 6. The van der Waals surface area contributed by atoms with Crippen molar-refractivity contribution in [3.63, 3.8) is 0 Å². The van der Waals surface area contributed by atoms with Crippen molar-refractivity contribution < 1.29 is 23.9 Å². The van der Waals surface area contributed by atoms with Crippen molar-refractivity contribution in [1.82, 2.24) is 10.6 Å². The summed E-state index contributed by atoms with van der Waals surface area (Å²) in [7, 11) is 0. The van der Waals surface area contributed by atoms with Crippen molar-refractivity contribution in [1.29, 1.82) is 0 Å². The minimum Gasteiger partial charge on any atom is -0.480 e. The van der Waals surface area contributed by atoms with Crippen molar-refractivity contribution in [2.24, 2.45) is 0 Å². The molecule has 98 valence electrons. The van der Waals surface area contributed by atoms with Crippen molar-refractivity contribution >= 4 is 17.8 Å². The smallest absolute Gasteiger partial charge is 0.322 e. The standard InChI is InChI=1S/C11H14N2O5/c1-2-7-3-4-8(18-7)11(17)13-5-9(14)12-6-10(15)16/h3-4H,2,5-6H2,1H3,(H,12,14)(H,13,17)(H,15,16). The van der Waals surface area contributed by atoms with Gasteiger partial charge < -0.3 is 20.2 Å². The number of carboxylic acids is 1. The molecule has 0 radical (unpaired) electrons. The third-order valence-corrected chi connectivity index (χ3v) is 2.08. The maximum atomic E-state index is 11.5. The first-order valence-electron chi connectivity index (χ1n) is 5.38. The van der Waals surface area contributed by atoms with Crippen LogP contribution >= 0.6 is 0 Å². The molecule has 0 unspecified atom stereocenters. The van der Waals surface area contributed by atoms with Gasteiger partial charge in [0.15, 0.2) is 5.76 Å². The molecule has 18 heavy (non-hydrogen) atoms. The second-order valence-electron chi connectivity index (χ2n) is 3.47. The van der Waals surface area contributed by atoms with Crippen molar-refractivity contribution in [3.05, 3.63) is 23.7 Å². The molecule has 0 fully saturated rings. The Hall–Kier alpha value is -2.31. The summed E-state index contributed by atoms with van der Waals surface area (Å²) in [6.45, 7) is 1.11. The predicted molar refractivity (Wildman–Crippen MR) is 61.1 cm³/mol. The number of aryl methyl sites for hydroxylation is 1. The average molecular weight is 254 g/mol. The molecule has 0 atom stereocenters. The number of amides is 2. The highest BCUT2D eigenvalue weighted by Gasteiger charge is 2.12. The molecule has 2 amide bonds. The zero-order valence-corrected chi connectivity index (χ0v) is 9.86. The molecule has 1 heterocycles. The van der Waals surface area contributed by atoms with Gasteiger partial charge in [-0.15, -0.1) is 0 Å². The molecule has 0 saturated carbocycles. The molecule has 0 aromatic carbocycles. The number of carbonyl (C=O) groups excluding carboxylic acids is 2. The fourth-order valence-electron chi connectivity index (χ4n) is 1.17. The summed E-state index contributed by atoms with van der Waals surface area (Å²) < 4.78 is 5.19. The van der Waals surface area contributed by atoms with Crippen LogP contribution in [0.15, 0.2) is 16.5 Å². The van der Waals surface area contributed by atoms with Crippen LogP contribution in [0.25, 0.3) is 0 Å². The fraction of sp³-hybridized carbons (Fsp3) is 0.364. The van der Waals surface area contributed by atoms with E-state index in [0.717, 1.165) is 0 Å². The third-order valence-electron chi connectivity index (χ3n) is 2.08. The van der Waals surface area contributed by atoms with E-state index in [4.69, 9.17) is 9.52 Å². The normalized spacial score (nSPS) is 9.83. The summed E-state index contributed by atoms with van der Waals surface area (Å²) >= 11 is 0. The Kier molecular flexibility index (Phi) is 4.91. The van der Waals surface area contributed by atoms with E-state index in [1.807, 2.05) is 6.92 Å². The Balaban J connectivity index is 2.36. The third kappa shape index (κ3) is 4.28. The van der Waals surface area contributed by atoms with Crippen molar-refractivity contribution in [2.75, 3.05) is 13.1 Å². The summed E-state index contributed by atoms with van der Waals surface area (Å²) in [5, 5.41) is 12.8. The van der Waals surface area contributed by atoms with E-state index in [2.05, 4.69) is 10.6 Å². The molecular weight excluding hydrogens is 240 g/mol. The number of hydrogen-bond acceptors (Lipinski definition) is 4. The molecule has 1 aromatic heterocycles. The summed E-state index contributed by atoms with van der Waals surface area (Å²) in [6, 6.07) is 3.20. The molecule has 7 heteroatoms. The molecule has 0 aliphatic carbocycles. The minimum atomic E-state index is -1.15. The van der Waals surface area contributed by atoms with Crippen molar-refractivity contribution in [2.45, 2.75) is 13.3 Å². The van der Waals surface area contributed by atoms with E-state index in [9.17, 15) is 14.4 Å². The Morgan fingerprint density at radius 3 is 2.50 bits per heavy atom. The highest BCUT2D eigenvalue weighted by Crippen LogP contribution is 2.07. The summed E-state index contributed by atoms with van der Waals surface area (Å²) in [5.41, 5.74) is 0. The molecule has 0 bridgehead atoms. The van der Waals surface area contributed by atoms with Crippen LogP contribution in [0.2, 0.25) is 0 Å². The van der Waals surface area contributed by atoms with Gasteiger partial charge in [0, 0.05) is 6.42 Å². The van der Waals surface area contributed by atoms with Crippen LogP contribution in [0, 0.1) is 0 Å². The molecule has 0 aliphatic rings. The van der Waals surface area contributed by atoms with E-state index < -0.39 is 24.3 Å². The minimum absolute atomic E-state index is 0.123. The molecule has 3 N–H and O–H groups in total. The van der Waals surface area contributed by atoms with Crippen LogP contribution in [-0.2, 0) is 16.0 Å². The largest absolute Gasteiger partial charge is 0.480 e. The average Bonchev–Trinajstić information content (AvgIpc) is 2.82. The van der Waals surface area contributed by atoms with Gasteiger partial charge in [-0.05, 0) is 12.1 Å². The lowest BCUT2D eigenvalue weighted by Crippen LogP contribution is -2.38. The van der Waals surface area contributed by atoms with Crippen LogP contribution in [-0.4, -0.2) is 36.0 Å². The predicted octanol–water partition coefficient (Wildman–Crippen LogP) is -0.227. The van der Waals surface area contributed by atoms with E-state index in [0.29, 0.717) is 12.2 Å². The Morgan fingerprint density at radius 2 is 1.94 bits per heavy atom. The first kappa shape index (κ1) is 13.8. The van der Waals surface area contributed by atoms with E-state index in [-0.39, 0.29) is 12.3 Å². The highest BCUT2D eigenvalue weighted by molar-refractivity contribution is 5.94. The molecule has 1 aromatic rings. The zero-order chi connectivity index (χ0) is 13.5. The maximum absolute atomic E-state index is 11.5. The van der Waals surface area contributed by atoms with Crippen LogP contribution < -0.4 is 10.6 Å². The van der Waals surface area contributed by atoms with Crippen LogP contribution in [0.3, 0.4) is 0 Å². The van der Waals surface area contributed by atoms with Crippen molar-refractivity contribution in [3.8, 4) is 0 Å². The van der Waals surface area contributed by atoms with E-state index in [1.54, 1.807) is 6.07 Å². The van der Waals surface area contributed by atoms with Crippen LogP contribution in [0.5, 0.6) is 0 Å². The van der Waals surface area contributed by atoms with E-state index in [1.165, 1.54) is 6.07 Å². The maximum Gasteiger partial charge on any atom is 0.322 e. The van der Waals surface area contributed by atoms with Crippen LogP contribution in [0.4, 0.5) is 0 Å². The lowest BCUT2D eigenvalue weighted by Gasteiger charge is -2.03. The zero-order valence-electron chi connectivity index (χ0n) is 9.86. The second kappa shape index (κ2) is 6.43. The van der Waals surface area contributed by atoms with Gasteiger partial charge in [-0.25, -0.2) is 0 Å². The molecule has 0 saturated heterocycles. The number of nitrogens with one attached hydrogen (secondary N) is 2. The number of aliphatic carboxylic acids is 1. The van der Waals surface area contributed by atoms with Gasteiger partial charge in [0.2, 0.25) is 5.91 Å². The van der Waals surface area contributed by atoms with Crippen LogP contribution in [0.1, 0.15) is 23.2 Å². The first-order chi connectivity index (χ1) is 8.52. The lowest BCUT2D eigenvalue weighted by molar-refractivity contribution is -0.137. The molecular formula is C11H14N2O5. The quantitative estimate of drug-likeness (QED) is 0.650. The second-order valence-corrected chi connectivity index (χ2v) is 3.47. The molecule has 1 rings (SSSR count). The molecule has 0 spiro atoms.